The van der Waals surface area contributed by atoms with Crippen molar-refractivity contribution in [3.63, 3.8) is 0 Å². The molecule has 1 atom stereocenters. The van der Waals surface area contributed by atoms with Gasteiger partial charge in [0, 0.05) is 17.5 Å². The van der Waals surface area contributed by atoms with E-state index in [1.165, 1.54) is 11.8 Å². The van der Waals surface area contributed by atoms with E-state index in [9.17, 15) is 9.59 Å². The fourth-order valence-electron chi connectivity index (χ4n) is 4.22. The molecule has 0 N–H and O–H groups in total. The number of Topliss-reactive ketones (excluding diaryl/α,β-unsaturated/α-hetero) is 1. The van der Waals surface area contributed by atoms with Gasteiger partial charge in [0.2, 0.25) is 0 Å². The summed E-state index contributed by atoms with van der Waals surface area (Å²) in [6, 6.07) is 20.8. The molecule has 0 saturated heterocycles. The van der Waals surface area contributed by atoms with Gasteiger partial charge in [0.15, 0.2) is 16.6 Å². The molecule has 35 heavy (non-hydrogen) atoms. The number of thioether (sulfide) groups is 1. The second kappa shape index (κ2) is 9.76. The van der Waals surface area contributed by atoms with Crippen molar-refractivity contribution >= 4 is 28.6 Å². The number of hydrogen-bond donors (Lipinski definition) is 0. The van der Waals surface area contributed by atoms with Crippen LogP contribution in [0, 0.1) is 0 Å². The van der Waals surface area contributed by atoms with Gasteiger partial charge in [-0.05, 0) is 25.0 Å². The second-order valence-electron chi connectivity index (χ2n) is 9.08. The van der Waals surface area contributed by atoms with Crippen LogP contribution in [0.1, 0.15) is 47.4 Å². The molecular formula is C28H27N3O3S. The number of hydrogen-bond acceptors (Lipinski definition) is 6. The van der Waals surface area contributed by atoms with Crippen LogP contribution in [-0.4, -0.2) is 31.7 Å². The predicted molar refractivity (Wildman–Crippen MR) is 138 cm³/mol. The van der Waals surface area contributed by atoms with Gasteiger partial charge in [0.1, 0.15) is 0 Å². The molecule has 0 spiro atoms. The number of ketones is 1. The molecule has 0 fully saturated rings. The number of aromatic nitrogens is 3. The molecule has 0 bridgehead atoms. The molecule has 2 aromatic heterocycles. The van der Waals surface area contributed by atoms with E-state index in [4.69, 9.17) is 14.7 Å². The predicted octanol–water partition coefficient (Wildman–Crippen LogP) is 5.06. The number of rotatable bonds is 7. The maximum Gasteiger partial charge on any atom is 0.264 e. The normalized spacial score (nSPS) is 17.3. The van der Waals surface area contributed by atoms with Crippen LogP contribution in [-0.2, 0) is 24.3 Å². The topological polar surface area (TPSA) is 74.1 Å². The van der Waals surface area contributed by atoms with Gasteiger partial charge < -0.3 is 4.74 Å². The van der Waals surface area contributed by atoms with E-state index in [2.05, 4.69) is 13.8 Å². The average molecular weight is 486 g/mol. The molecule has 6 nitrogen and oxygen atoms in total. The van der Waals surface area contributed by atoms with Gasteiger partial charge in [-0.1, -0.05) is 79.3 Å². The summed E-state index contributed by atoms with van der Waals surface area (Å²) in [7, 11) is 0. The van der Waals surface area contributed by atoms with Gasteiger partial charge in [-0.25, -0.2) is 9.97 Å². The quantitative estimate of drug-likeness (QED) is 0.207. The zero-order valence-corrected chi connectivity index (χ0v) is 20.7. The highest BCUT2D eigenvalue weighted by molar-refractivity contribution is 7.99. The largest absolute Gasteiger partial charge is 0.370 e. The maximum absolute atomic E-state index is 13.7. The van der Waals surface area contributed by atoms with Crippen LogP contribution in [0.15, 0.2) is 76.7 Å². The minimum atomic E-state index is -0.268. The van der Waals surface area contributed by atoms with Gasteiger partial charge in [0.05, 0.1) is 35.6 Å². The number of ether oxygens (including phenoxy) is 1. The van der Waals surface area contributed by atoms with Crippen molar-refractivity contribution in [3.8, 4) is 0 Å². The van der Waals surface area contributed by atoms with E-state index < -0.39 is 0 Å². The second-order valence-corrected chi connectivity index (χ2v) is 10.0. The van der Waals surface area contributed by atoms with Gasteiger partial charge in [-0.2, -0.15) is 0 Å². The lowest BCUT2D eigenvalue weighted by Crippen LogP contribution is -2.35. The molecule has 1 aliphatic rings. The van der Waals surface area contributed by atoms with Crippen molar-refractivity contribution in [2.45, 2.75) is 50.6 Å². The maximum atomic E-state index is 13.7. The summed E-state index contributed by atoms with van der Waals surface area (Å²) in [5.41, 5.74) is 3.49. The van der Waals surface area contributed by atoms with Crippen LogP contribution in [0.4, 0.5) is 0 Å². The lowest BCUT2D eigenvalue weighted by atomic mass is 9.91. The fraction of sp³-hybridized carbons (Fsp3) is 0.286. The number of fused-ring (bicyclic) bond motifs is 2. The standard InChI is InChI=1S/C28H27N3O3S/c1-3-28(2)15-23-21(17-34-28)14-22-25(29-23)30-27(35-18-24(32)20-12-8-5-9-13-20)31(26(22)33)16-19-10-6-4-7-11-19/h4-14H,3,15-18H2,1-2H3. The Labute approximate surface area is 208 Å². The van der Waals surface area contributed by atoms with Gasteiger partial charge in [0.25, 0.3) is 5.56 Å². The molecule has 1 unspecified atom stereocenters. The minimum absolute atomic E-state index is 0.00883. The van der Waals surface area contributed by atoms with Crippen molar-refractivity contribution in [2.24, 2.45) is 0 Å². The highest BCUT2D eigenvalue weighted by atomic mass is 32.2. The third-order valence-corrected chi connectivity index (χ3v) is 7.53. The highest BCUT2D eigenvalue weighted by Gasteiger charge is 2.31. The first-order chi connectivity index (χ1) is 17.0. The van der Waals surface area contributed by atoms with E-state index in [1.54, 1.807) is 16.7 Å². The Kier molecular flexibility index (Phi) is 6.54. The number of benzene rings is 2. The molecule has 4 aromatic rings. The van der Waals surface area contributed by atoms with E-state index >= 15 is 0 Å². The summed E-state index contributed by atoms with van der Waals surface area (Å²) < 4.78 is 7.72. The first-order valence-electron chi connectivity index (χ1n) is 11.8. The van der Waals surface area contributed by atoms with Gasteiger partial charge in [-0.3, -0.25) is 14.2 Å². The van der Waals surface area contributed by atoms with Crippen LogP contribution in [0.25, 0.3) is 11.0 Å². The zero-order chi connectivity index (χ0) is 24.4. The molecule has 5 rings (SSSR count). The molecular weight excluding hydrogens is 458 g/mol. The summed E-state index contributed by atoms with van der Waals surface area (Å²) in [5, 5.41) is 0.968. The molecule has 7 heteroatoms. The number of pyridine rings is 1. The summed E-state index contributed by atoms with van der Waals surface area (Å²) in [4.78, 5) is 36.1. The average Bonchev–Trinajstić information content (AvgIpc) is 2.89. The van der Waals surface area contributed by atoms with Crippen LogP contribution in [0.2, 0.25) is 0 Å². The summed E-state index contributed by atoms with van der Waals surface area (Å²) in [5.74, 6) is 0.175. The Hall–Kier alpha value is -3.29. The van der Waals surface area contributed by atoms with Crippen LogP contribution in [0.5, 0.6) is 0 Å². The monoisotopic (exact) mass is 485 g/mol. The highest BCUT2D eigenvalue weighted by Crippen LogP contribution is 2.31. The van der Waals surface area contributed by atoms with Gasteiger partial charge >= 0.3 is 0 Å². The smallest absolute Gasteiger partial charge is 0.264 e. The molecule has 2 aromatic carbocycles. The van der Waals surface area contributed by atoms with Crippen molar-refractivity contribution < 1.29 is 9.53 Å². The van der Waals surface area contributed by atoms with Crippen molar-refractivity contribution in [2.75, 3.05) is 5.75 Å². The third-order valence-electron chi connectivity index (χ3n) is 6.56. The Balaban J connectivity index is 1.56. The summed E-state index contributed by atoms with van der Waals surface area (Å²) in [6.45, 7) is 4.99. The van der Waals surface area contributed by atoms with E-state index in [0.717, 1.165) is 23.2 Å². The first kappa shape index (κ1) is 23.5. The molecule has 178 valence electrons. The molecule has 3 heterocycles. The molecule has 0 aliphatic carbocycles. The molecule has 0 amide bonds. The first-order valence-corrected chi connectivity index (χ1v) is 12.8. The van der Waals surface area contributed by atoms with Crippen molar-refractivity contribution in [1.29, 1.82) is 0 Å². The Morgan fingerprint density at radius 1 is 1.09 bits per heavy atom. The van der Waals surface area contributed by atoms with Gasteiger partial charge in [-0.15, -0.1) is 0 Å². The molecule has 0 saturated carbocycles. The lowest BCUT2D eigenvalue weighted by Gasteiger charge is -2.33. The van der Waals surface area contributed by atoms with E-state index in [0.29, 0.717) is 41.3 Å². The molecule has 1 aliphatic heterocycles. The number of carbonyl (C=O) groups excluding carboxylic acids is 1. The minimum Gasteiger partial charge on any atom is -0.370 e. The van der Waals surface area contributed by atoms with Crippen LogP contribution < -0.4 is 5.56 Å². The molecule has 0 radical (unpaired) electrons. The Bertz CT molecular complexity index is 1440. The van der Waals surface area contributed by atoms with Crippen LogP contribution in [0.3, 0.4) is 0 Å². The van der Waals surface area contributed by atoms with Crippen LogP contribution >= 0.6 is 11.8 Å². The van der Waals surface area contributed by atoms with Crippen molar-refractivity contribution in [1.82, 2.24) is 14.5 Å². The van der Waals surface area contributed by atoms with E-state index in [-0.39, 0.29) is 22.7 Å². The van der Waals surface area contributed by atoms with E-state index in [1.807, 2.05) is 54.6 Å². The number of nitrogens with zero attached hydrogens (tertiary/aromatic N) is 3. The number of carbonyl (C=O) groups is 1. The summed E-state index contributed by atoms with van der Waals surface area (Å²) in [6.07, 6.45) is 1.56. The fourth-order valence-corrected chi connectivity index (χ4v) is 5.10. The summed E-state index contributed by atoms with van der Waals surface area (Å²) >= 11 is 1.28. The zero-order valence-electron chi connectivity index (χ0n) is 19.9. The SMILES string of the molecule is CCC1(C)Cc2nc3nc(SCC(=O)c4ccccc4)n(Cc4ccccc4)c(=O)c3cc2CO1. The third kappa shape index (κ3) is 4.92. The Morgan fingerprint density at radius 3 is 2.51 bits per heavy atom. The lowest BCUT2D eigenvalue weighted by molar-refractivity contribution is -0.0573. The van der Waals surface area contributed by atoms with Crippen molar-refractivity contribution in [3.05, 3.63) is 99.5 Å². The Morgan fingerprint density at radius 2 is 1.80 bits per heavy atom.